The summed E-state index contributed by atoms with van der Waals surface area (Å²) in [5.74, 6) is 0.585. The first-order valence-corrected chi connectivity index (χ1v) is 15.0. The fraction of sp³-hybridized carbons (Fsp3) is 0.233. The largest absolute Gasteiger partial charge is 0.496 e. The number of ether oxygens (including phenoxy) is 2. The number of carbonyl (C=O) groups is 1. The molecule has 0 N–H and O–H groups in total. The molecule has 4 aromatic rings. The molecule has 42 heavy (non-hydrogen) atoms. The summed E-state index contributed by atoms with van der Waals surface area (Å²) in [6.07, 6.45) is 3.22. The molecular weight excluding hydrogens is 578 g/mol. The standard InChI is InChI=1S/C30H27N3O7S2/c1-16(2)39-29(35)26-17(3)31-30-32(27(26)18-6-10-21(41-5)11-7-18)28(34)25(42-30)15-20-9-13-24(40-20)22-14-19(33(36)37)8-12-23(22)38-4/h6-16,27H,1-5H3/b25-15-/t27-/m1/s1. The third-order valence-corrected chi connectivity index (χ3v) is 8.30. The molecule has 12 heteroatoms. The van der Waals surface area contributed by atoms with E-state index in [1.165, 1.54) is 41.2 Å². The number of esters is 1. The van der Waals surface area contributed by atoms with E-state index >= 15 is 0 Å². The Morgan fingerprint density at radius 2 is 1.93 bits per heavy atom. The molecule has 1 aliphatic rings. The van der Waals surface area contributed by atoms with Crippen LogP contribution in [0.4, 0.5) is 5.69 Å². The predicted molar refractivity (Wildman–Crippen MR) is 161 cm³/mol. The summed E-state index contributed by atoms with van der Waals surface area (Å²) in [4.78, 5) is 44.1. The smallest absolute Gasteiger partial charge is 0.338 e. The topological polar surface area (TPSA) is 126 Å². The number of benzene rings is 2. The molecule has 0 spiro atoms. The molecule has 0 amide bonds. The van der Waals surface area contributed by atoms with Crippen molar-refractivity contribution < 1.29 is 23.6 Å². The van der Waals surface area contributed by atoms with Crippen LogP contribution in [0.5, 0.6) is 5.75 Å². The Morgan fingerprint density at radius 1 is 1.19 bits per heavy atom. The summed E-state index contributed by atoms with van der Waals surface area (Å²) in [7, 11) is 1.47. The second-order valence-corrected chi connectivity index (χ2v) is 11.5. The van der Waals surface area contributed by atoms with Crippen LogP contribution < -0.4 is 19.6 Å². The van der Waals surface area contributed by atoms with Crippen LogP contribution in [0.25, 0.3) is 17.4 Å². The van der Waals surface area contributed by atoms with E-state index < -0.39 is 16.9 Å². The number of nitro benzene ring substituents is 1. The van der Waals surface area contributed by atoms with Gasteiger partial charge in [0.15, 0.2) is 4.80 Å². The highest BCUT2D eigenvalue weighted by Crippen LogP contribution is 2.35. The van der Waals surface area contributed by atoms with Crippen molar-refractivity contribution in [3.8, 4) is 17.1 Å². The number of hydrogen-bond donors (Lipinski definition) is 0. The van der Waals surface area contributed by atoms with Crippen molar-refractivity contribution in [1.29, 1.82) is 0 Å². The van der Waals surface area contributed by atoms with Crippen molar-refractivity contribution >= 4 is 40.8 Å². The number of hydrogen-bond acceptors (Lipinski definition) is 10. The van der Waals surface area contributed by atoms with Crippen LogP contribution in [-0.4, -0.2) is 34.9 Å². The number of methoxy groups -OCH3 is 1. The van der Waals surface area contributed by atoms with Gasteiger partial charge in [-0.2, -0.15) is 0 Å². The number of nitro groups is 1. The zero-order valence-electron chi connectivity index (χ0n) is 23.4. The SMILES string of the molecule is COc1ccc([N+](=O)[O-])cc1-c1ccc(/C=c2\sc3n(c2=O)[C@H](c2ccc(SC)cc2)C(C(=O)OC(C)C)=C(C)N=3)o1. The maximum Gasteiger partial charge on any atom is 0.338 e. The fourth-order valence-electron chi connectivity index (χ4n) is 4.67. The summed E-state index contributed by atoms with van der Waals surface area (Å²) in [6.45, 7) is 5.28. The Hall–Kier alpha value is -4.42. The molecule has 0 saturated carbocycles. The van der Waals surface area contributed by atoms with Gasteiger partial charge in [-0.3, -0.25) is 19.5 Å². The van der Waals surface area contributed by atoms with Crippen LogP contribution in [0.3, 0.4) is 0 Å². The lowest BCUT2D eigenvalue weighted by Gasteiger charge is -2.25. The van der Waals surface area contributed by atoms with E-state index in [2.05, 4.69) is 4.99 Å². The number of thioether (sulfide) groups is 1. The molecule has 2 aromatic heterocycles. The summed E-state index contributed by atoms with van der Waals surface area (Å²) < 4.78 is 18.8. The Bertz CT molecular complexity index is 1900. The first-order chi connectivity index (χ1) is 20.1. The number of carbonyl (C=O) groups excluding carboxylic acids is 1. The average Bonchev–Trinajstić information content (AvgIpc) is 3.55. The number of non-ortho nitro benzene ring substituents is 1. The van der Waals surface area contributed by atoms with Gasteiger partial charge in [-0.1, -0.05) is 23.5 Å². The second kappa shape index (κ2) is 11.8. The Labute approximate surface area is 248 Å². The quantitative estimate of drug-likeness (QED) is 0.118. The van der Waals surface area contributed by atoms with Gasteiger partial charge in [0.2, 0.25) is 0 Å². The summed E-state index contributed by atoms with van der Waals surface area (Å²) in [5.41, 5.74) is 1.49. The van der Waals surface area contributed by atoms with Gasteiger partial charge in [0.25, 0.3) is 11.2 Å². The lowest BCUT2D eigenvalue weighted by molar-refractivity contribution is -0.384. The van der Waals surface area contributed by atoms with E-state index in [1.54, 1.807) is 50.7 Å². The molecule has 2 aromatic carbocycles. The zero-order valence-corrected chi connectivity index (χ0v) is 25.1. The number of allylic oxidation sites excluding steroid dienone is 1. The van der Waals surface area contributed by atoms with Crippen LogP contribution in [0.1, 0.15) is 38.1 Å². The van der Waals surface area contributed by atoms with Crippen LogP contribution >= 0.6 is 23.1 Å². The van der Waals surface area contributed by atoms with Gasteiger partial charge in [-0.05, 0) is 62.9 Å². The minimum Gasteiger partial charge on any atom is -0.496 e. The minimum atomic E-state index is -0.730. The molecule has 0 bridgehead atoms. The first-order valence-electron chi connectivity index (χ1n) is 12.9. The maximum absolute atomic E-state index is 13.9. The van der Waals surface area contributed by atoms with Gasteiger partial charge in [0.05, 0.1) is 45.5 Å². The highest BCUT2D eigenvalue weighted by atomic mass is 32.2. The van der Waals surface area contributed by atoms with Gasteiger partial charge in [-0.25, -0.2) is 9.79 Å². The molecule has 1 atom stereocenters. The Kier molecular flexibility index (Phi) is 8.19. The number of rotatable bonds is 8. The second-order valence-electron chi connectivity index (χ2n) is 9.65. The molecule has 0 saturated heterocycles. The molecule has 1 aliphatic heterocycles. The van der Waals surface area contributed by atoms with E-state index in [9.17, 15) is 19.7 Å². The molecular formula is C30H27N3O7S2. The molecule has 0 fully saturated rings. The number of furan rings is 1. The average molecular weight is 606 g/mol. The van der Waals surface area contributed by atoms with Crippen LogP contribution in [0.2, 0.25) is 0 Å². The Balaban J connectivity index is 1.62. The molecule has 5 rings (SSSR count). The maximum atomic E-state index is 13.9. The number of thiazole rings is 1. The Morgan fingerprint density at radius 3 is 2.57 bits per heavy atom. The lowest BCUT2D eigenvalue weighted by Crippen LogP contribution is -2.40. The highest BCUT2D eigenvalue weighted by Gasteiger charge is 2.33. The number of aromatic nitrogens is 1. The molecule has 0 unspecified atom stereocenters. The third-order valence-electron chi connectivity index (χ3n) is 6.58. The van der Waals surface area contributed by atoms with Gasteiger partial charge in [0.1, 0.15) is 17.3 Å². The predicted octanol–water partition coefficient (Wildman–Crippen LogP) is 5.09. The molecule has 0 aliphatic carbocycles. The van der Waals surface area contributed by atoms with Crippen LogP contribution in [-0.2, 0) is 9.53 Å². The van der Waals surface area contributed by atoms with Crippen molar-refractivity contribution in [2.75, 3.05) is 13.4 Å². The highest BCUT2D eigenvalue weighted by molar-refractivity contribution is 7.98. The van der Waals surface area contributed by atoms with Crippen LogP contribution in [0, 0.1) is 10.1 Å². The van der Waals surface area contributed by atoms with Crippen LogP contribution in [0.15, 0.2) is 85.0 Å². The minimum absolute atomic E-state index is 0.107. The van der Waals surface area contributed by atoms with Crippen molar-refractivity contribution in [1.82, 2.24) is 4.57 Å². The van der Waals surface area contributed by atoms with Gasteiger partial charge in [-0.15, -0.1) is 11.8 Å². The normalized spacial score (nSPS) is 15.0. The van der Waals surface area contributed by atoms with Crippen molar-refractivity contribution in [2.24, 2.45) is 4.99 Å². The van der Waals surface area contributed by atoms with Crippen molar-refractivity contribution in [3.05, 3.63) is 107 Å². The van der Waals surface area contributed by atoms with Gasteiger partial charge in [0, 0.05) is 23.1 Å². The molecule has 216 valence electrons. The van der Waals surface area contributed by atoms with Crippen molar-refractivity contribution in [3.63, 3.8) is 0 Å². The van der Waals surface area contributed by atoms with E-state index in [4.69, 9.17) is 13.9 Å². The number of fused-ring (bicyclic) bond motifs is 1. The van der Waals surface area contributed by atoms with Gasteiger partial charge >= 0.3 is 5.97 Å². The van der Waals surface area contributed by atoms with E-state index in [1.807, 2.05) is 30.5 Å². The van der Waals surface area contributed by atoms with Crippen molar-refractivity contribution in [2.45, 2.75) is 37.8 Å². The number of nitrogens with zero attached hydrogens (tertiary/aromatic N) is 3. The molecule has 10 nitrogen and oxygen atoms in total. The summed E-state index contributed by atoms with van der Waals surface area (Å²) >= 11 is 2.77. The summed E-state index contributed by atoms with van der Waals surface area (Å²) in [6, 6.07) is 14.5. The third kappa shape index (κ3) is 5.55. The fourth-order valence-corrected chi connectivity index (χ4v) is 6.10. The van der Waals surface area contributed by atoms with E-state index in [-0.39, 0.29) is 17.4 Å². The van der Waals surface area contributed by atoms with E-state index in [0.29, 0.717) is 43.4 Å². The van der Waals surface area contributed by atoms with E-state index in [0.717, 1.165) is 10.5 Å². The molecule has 0 radical (unpaired) electrons. The molecule has 3 heterocycles. The monoisotopic (exact) mass is 605 g/mol. The zero-order chi connectivity index (χ0) is 30.1. The van der Waals surface area contributed by atoms with Gasteiger partial charge < -0.3 is 13.9 Å². The first kappa shape index (κ1) is 29.1. The lowest BCUT2D eigenvalue weighted by atomic mass is 9.96. The summed E-state index contributed by atoms with van der Waals surface area (Å²) in [5, 5.41) is 11.3.